The predicted molar refractivity (Wildman–Crippen MR) is 108 cm³/mol. The minimum Gasteiger partial charge on any atom is -0.490 e. The Morgan fingerprint density at radius 1 is 1.07 bits per heavy atom. The molecule has 3 aromatic rings. The summed E-state index contributed by atoms with van der Waals surface area (Å²) in [5, 5.41) is 12.3. The van der Waals surface area contributed by atoms with Crippen LogP contribution < -0.4 is 20.6 Å². The highest BCUT2D eigenvalue weighted by Crippen LogP contribution is 2.16. The van der Waals surface area contributed by atoms with E-state index in [9.17, 15) is 4.79 Å². The molecule has 0 atom stereocenters. The van der Waals surface area contributed by atoms with Crippen molar-refractivity contribution in [2.24, 2.45) is 5.10 Å². The van der Waals surface area contributed by atoms with Crippen LogP contribution in [0.3, 0.4) is 0 Å². The van der Waals surface area contributed by atoms with Crippen LogP contribution in [0.25, 0.3) is 0 Å². The predicted octanol–water partition coefficient (Wildman–Crippen LogP) is 2.27. The minimum absolute atomic E-state index is 0.0706. The maximum Gasteiger partial charge on any atom is 0.247 e. The number of anilines is 1. The van der Waals surface area contributed by atoms with Crippen molar-refractivity contribution in [3.05, 3.63) is 65.2 Å². The Morgan fingerprint density at radius 2 is 1.82 bits per heavy atom. The molecule has 1 amide bonds. The highest BCUT2D eigenvalue weighted by molar-refractivity contribution is 7.15. The summed E-state index contributed by atoms with van der Waals surface area (Å²) in [5.74, 6) is 1.14. The third kappa shape index (κ3) is 6.06. The van der Waals surface area contributed by atoms with Crippen molar-refractivity contribution in [2.45, 2.75) is 6.42 Å². The SMILES string of the molecule is Nc1nnc(CC(=O)N/N=C/c2ccccc2OCCOc2ccccc2)s1. The number of amides is 1. The van der Waals surface area contributed by atoms with E-state index in [4.69, 9.17) is 15.2 Å². The van der Waals surface area contributed by atoms with Crippen molar-refractivity contribution < 1.29 is 14.3 Å². The molecule has 0 fully saturated rings. The lowest BCUT2D eigenvalue weighted by Crippen LogP contribution is -2.19. The Morgan fingerprint density at radius 3 is 2.61 bits per heavy atom. The lowest BCUT2D eigenvalue weighted by atomic mass is 10.2. The van der Waals surface area contributed by atoms with Crippen LogP contribution in [-0.4, -0.2) is 35.5 Å². The Balaban J connectivity index is 1.47. The number of ether oxygens (including phenoxy) is 2. The van der Waals surface area contributed by atoms with Crippen LogP contribution in [0.2, 0.25) is 0 Å². The maximum absolute atomic E-state index is 11.9. The first-order valence-corrected chi connectivity index (χ1v) is 9.32. The van der Waals surface area contributed by atoms with E-state index in [1.807, 2.05) is 54.6 Å². The smallest absolute Gasteiger partial charge is 0.247 e. The zero-order chi connectivity index (χ0) is 19.6. The first-order chi connectivity index (χ1) is 13.7. The van der Waals surface area contributed by atoms with Gasteiger partial charge in [-0.15, -0.1) is 10.2 Å². The van der Waals surface area contributed by atoms with Gasteiger partial charge in [-0.1, -0.05) is 41.7 Å². The Bertz CT molecular complexity index is 930. The summed E-state index contributed by atoms with van der Waals surface area (Å²) in [6.45, 7) is 0.793. The number of hydrazone groups is 1. The first-order valence-electron chi connectivity index (χ1n) is 8.50. The Hall–Kier alpha value is -3.46. The molecule has 0 unspecified atom stereocenters. The second kappa shape index (κ2) is 10.0. The second-order valence-corrected chi connectivity index (χ2v) is 6.65. The van der Waals surface area contributed by atoms with Gasteiger partial charge in [-0.25, -0.2) is 5.43 Å². The third-order valence-electron chi connectivity index (χ3n) is 3.46. The molecule has 9 heteroatoms. The minimum atomic E-state index is -0.304. The molecule has 0 saturated heterocycles. The lowest BCUT2D eigenvalue weighted by molar-refractivity contribution is -0.120. The molecule has 0 aliphatic rings. The summed E-state index contributed by atoms with van der Waals surface area (Å²) in [5.41, 5.74) is 8.68. The highest BCUT2D eigenvalue weighted by atomic mass is 32.1. The summed E-state index contributed by atoms with van der Waals surface area (Å²) >= 11 is 1.17. The van der Waals surface area contributed by atoms with Gasteiger partial charge in [0.05, 0.1) is 12.6 Å². The summed E-state index contributed by atoms with van der Waals surface area (Å²) in [4.78, 5) is 11.9. The molecule has 0 aliphatic carbocycles. The normalized spacial score (nSPS) is 10.7. The molecule has 3 rings (SSSR count). The molecule has 0 bridgehead atoms. The van der Waals surface area contributed by atoms with E-state index in [0.717, 1.165) is 11.3 Å². The van der Waals surface area contributed by atoms with Crippen molar-refractivity contribution in [1.29, 1.82) is 0 Å². The van der Waals surface area contributed by atoms with E-state index < -0.39 is 0 Å². The number of para-hydroxylation sites is 2. The quantitative estimate of drug-likeness (QED) is 0.325. The number of carbonyl (C=O) groups excluding carboxylic acids is 1. The third-order valence-corrected chi connectivity index (χ3v) is 4.21. The van der Waals surface area contributed by atoms with E-state index in [2.05, 4.69) is 20.7 Å². The molecule has 8 nitrogen and oxygen atoms in total. The molecule has 1 heterocycles. The summed E-state index contributed by atoms with van der Waals surface area (Å²) in [7, 11) is 0. The van der Waals surface area contributed by atoms with E-state index in [-0.39, 0.29) is 12.3 Å². The van der Waals surface area contributed by atoms with E-state index in [1.165, 1.54) is 17.6 Å². The number of nitrogens with zero attached hydrogens (tertiary/aromatic N) is 3. The van der Waals surface area contributed by atoms with Crippen molar-refractivity contribution in [1.82, 2.24) is 15.6 Å². The molecule has 0 saturated carbocycles. The van der Waals surface area contributed by atoms with Gasteiger partial charge < -0.3 is 15.2 Å². The Kier molecular flexibility index (Phi) is 6.91. The molecule has 3 N–H and O–H groups in total. The molecule has 0 spiro atoms. The summed E-state index contributed by atoms with van der Waals surface area (Å²) in [6.07, 6.45) is 1.60. The van der Waals surface area contributed by atoms with Crippen LogP contribution in [0, 0.1) is 0 Å². The van der Waals surface area contributed by atoms with Gasteiger partial charge in [0, 0.05) is 5.56 Å². The van der Waals surface area contributed by atoms with E-state index in [0.29, 0.717) is 29.1 Å². The number of nitrogens with one attached hydrogen (secondary N) is 1. The van der Waals surface area contributed by atoms with Crippen LogP contribution in [0.4, 0.5) is 5.13 Å². The topological polar surface area (TPSA) is 112 Å². The van der Waals surface area contributed by atoms with Gasteiger partial charge >= 0.3 is 0 Å². The largest absolute Gasteiger partial charge is 0.490 e. The second-order valence-electron chi connectivity index (χ2n) is 5.55. The number of aromatic nitrogens is 2. The molecule has 2 aromatic carbocycles. The van der Waals surface area contributed by atoms with Crippen LogP contribution in [0.1, 0.15) is 10.6 Å². The van der Waals surface area contributed by atoms with Gasteiger partial charge in [0.2, 0.25) is 11.0 Å². The average Bonchev–Trinajstić information content (AvgIpc) is 3.11. The van der Waals surface area contributed by atoms with Gasteiger partial charge in [-0.05, 0) is 24.3 Å². The van der Waals surface area contributed by atoms with Crippen molar-refractivity contribution >= 4 is 28.6 Å². The summed E-state index contributed by atoms with van der Waals surface area (Å²) in [6, 6.07) is 16.9. The van der Waals surface area contributed by atoms with E-state index in [1.54, 1.807) is 0 Å². The van der Waals surface area contributed by atoms with Crippen LogP contribution in [0.5, 0.6) is 11.5 Å². The fraction of sp³-hybridized carbons (Fsp3) is 0.158. The number of benzene rings is 2. The van der Waals surface area contributed by atoms with Gasteiger partial charge in [0.15, 0.2) is 0 Å². The first kappa shape index (κ1) is 19.3. The number of rotatable bonds is 9. The molecule has 28 heavy (non-hydrogen) atoms. The standard InChI is InChI=1S/C19H19N5O3S/c20-19-24-23-18(28-19)12-17(25)22-21-13-14-6-4-5-9-16(14)27-11-10-26-15-7-2-1-3-8-15/h1-9,13H,10-12H2,(H2,20,24)(H,22,25)/b21-13+. The summed E-state index contributed by atoms with van der Waals surface area (Å²) < 4.78 is 11.4. The molecular formula is C19H19N5O3S. The molecule has 0 radical (unpaired) electrons. The van der Waals surface area contributed by atoms with Gasteiger partial charge in [-0.3, -0.25) is 4.79 Å². The van der Waals surface area contributed by atoms with Gasteiger partial charge in [0.1, 0.15) is 29.7 Å². The number of carbonyl (C=O) groups is 1. The van der Waals surface area contributed by atoms with Gasteiger partial charge in [-0.2, -0.15) is 5.10 Å². The number of nitrogens with two attached hydrogens (primary N) is 1. The molecule has 144 valence electrons. The van der Waals surface area contributed by atoms with Crippen molar-refractivity contribution in [3.8, 4) is 11.5 Å². The number of nitrogen functional groups attached to an aromatic ring is 1. The van der Waals surface area contributed by atoms with Crippen molar-refractivity contribution in [3.63, 3.8) is 0 Å². The zero-order valence-corrected chi connectivity index (χ0v) is 15.8. The van der Waals surface area contributed by atoms with E-state index >= 15 is 0 Å². The fourth-order valence-electron chi connectivity index (χ4n) is 2.24. The Labute approximate surface area is 166 Å². The molecule has 1 aromatic heterocycles. The zero-order valence-electron chi connectivity index (χ0n) is 14.9. The van der Waals surface area contributed by atoms with Crippen LogP contribution >= 0.6 is 11.3 Å². The lowest BCUT2D eigenvalue weighted by Gasteiger charge is -2.10. The number of hydrogen-bond acceptors (Lipinski definition) is 8. The monoisotopic (exact) mass is 397 g/mol. The molecule has 0 aliphatic heterocycles. The highest BCUT2D eigenvalue weighted by Gasteiger charge is 2.07. The fourth-order valence-corrected chi connectivity index (χ4v) is 2.84. The maximum atomic E-state index is 11.9. The van der Waals surface area contributed by atoms with Gasteiger partial charge in [0.25, 0.3) is 0 Å². The average molecular weight is 397 g/mol. The number of hydrogen-bond donors (Lipinski definition) is 2. The van der Waals surface area contributed by atoms with Crippen molar-refractivity contribution in [2.75, 3.05) is 18.9 Å². The molecular weight excluding hydrogens is 378 g/mol. The van der Waals surface area contributed by atoms with Crippen LogP contribution in [-0.2, 0) is 11.2 Å². The van der Waals surface area contributed by atoms with Crippen LogP contribution in [0.15, 0.2) is 59.7 Å².